The Morgan fingerprint density at radius 1 is 1.50 bits per heavy atom. The van der Waals surface area contributed by atoms with Gasteiger partial charge in [-0.2, -0.15) is 0 Å². The predicted octanol–water partition coefficient (Wildman–Crippen LogP) is 1.02. The molecule has 2 rings (SSSR count). The summed E-state index contributed by atoms with van der Waals surface area (Å²) in [4.78, 5) is 1.81. The van der Waals surface area contributed by atoms with Crippen LogP contribution in [-0.4, -0.2) is 42.7 Å². The van der Waals surface area contributed by atoms with E-state index in [0.717, 1.165) is 10.1 Å². The van der Waals surface area contributed by atoms with Crippen molar-refractivity contribution in [1.82, 2.24) is 10.2 Å². The summed E-state index contributed by atoms with van der Waals surface area (Å²) in [6.07, 6.45) is -0.927. The molecule has 1 aliphatic heterocycles. The highest BCUT2D eigenvalue weighted by Crippen LogP contribution is 2.24. The average molecular weight is 217 g/mol. The summed E-state index contributed by atoms with van der Waals surface area (Å²) in [7, 11) is 1.83. The van der Waals surface area contributed by atoms with Gasteiger partial charge in [0.25, 0.3) is 0 Å². The van der Waals surface area contributed by atoms with Crippen molar-refractivity contribution in [1.29, 1.82) is 0 Å². The second kappa shape index (κ2) is 3.78. The molecule has 2 heterocycles. The van der Waals surface area contributed by atoms with Crippen molar-refractivity contribution in [2.45, 2.75) is 19.1 Å². The molecule has 1 aromatic heterocycles. The van der Waals surface area contributed by atoms with Crippen molar-refractivity contribution in [3.63, 3.8) is 0 Å². The second-order valence-electron chi connectivity index (χ2n) is 3.34. The monoisotopic (exact) mass is 217 g/mol. The van der Waals surface area contributed by atoms with Crippen molar-refractivity contribution in [3.05, 3.63) is 5.01 Å². The highest BCUT2D eigenvalue weighted by Gasteiger charge is 2.32. The van der Waals surface area contributed by atoms with Gasteiger partial charge in [0.1, 0.15) is 11.2 Å². The zero-order chi connectivity index (χ0) is 10.1. The number of rotatable bonds is 2. The van der Waals surface area contributed by atoms with Gasteiger partial charge in [-0.15, -0.1) is 10.2 Å². The van der Waals surface area contributed by atoms with Gasteiger partial charge in [0.15, 0.2) is 0 Å². The average Bonchev–Trinajstić information content (AvgIpc) is 2.73. The first kappa shape index (κ1) is 9.79. The van der Waals surface area contributed by atoms with E-state index in [9.17, 15) is 4.39 Å². The van der Waals surface area contributed by atoms with E-state index in [4.69, 9.17) is 4.74 Å². The van der Waals surface area contributed by atoms with Crippen LogP contribution >= 0.6 is 11.3 Å². The van der Waals surface area contributed by atoms with Crippen molar-refractivity contribution >= 4 is 16.5 Å². The molecule has 2 atom stereocenters. The quantitative estimate of drug-likeness (QED) is 0.741. The number of alkyl halides is 1. The third-order valence-corrected chi connectivity index (χ3v) is 3.23. The maximum Gasteiger partial charge on any atom is 0.208 e. The lowest BCUT2D eigenvalue weighted by atomic mass is 10.2. The molecule has 6 heteroatoms. The Kier molecular flexibility index (Phi) is 2.64. The van der Waals surface area contributed by atoms with Gasteiger partial charge < -0.3 is 9.64 Å². The molecule has 1 fully saturated rings. The van der Waals surface area contributed by atoms with Gasteiger partial charge in [-0.25, -0.2) is 4.39 Å². The van der Waals surface area contributed by atoms with Gasteiger partial charge in [-0.1, -0.05) is 11.3 Å². The number of halogens is 1. The molecule has 4 nitrogen and oxygen atoms in total. The summed E-state index contributed by atoms with van der Waals surface area (Å²) in [5.74, 6) is 0. The fraction of sp³-hybridized carbons (Fsp3) is 0.750. The fourth-order valence-electron chi connectivity index (χ4n) is 1.44. The van der Waals surface area contributed by atoms with Crippen LogP contribution in [0.15, 0.2) is 0 Å². The fourth-order valence-corrected chi connectivity index (χ4v) is 2.15. The standard InChI is InChI=1S/C8H12FN3OS/c1-5-10-11-8(14-5)12(2)7-4-13-3-6(7)9/h6-7H,3-4H2,1-2H3. The van der Waals surface area contributed by atoms with E-state index in [-0.39, 0.29) is 12.6 Å². The molecule has 0 aliphatic carbocycles. The van der Waals surface area contributed by atoms with Crippen molar-refractivity contribution < 1.29 is 9.13 Å². The summed E-state index contributed by atoms with van der Waals surface area (Å²) < 4.78 is 18.4. The molecule has 0 amide bonds. The minimum Gasteiger partial charge on any atom is -0.376 e. The molecule has 0 aromatic carbocycles. The lowest BCUT2D eigenvalue weighted by molar-refractivity contribution is 0.173. The van der Waals surface area contributed by atoms with Crippen molar-refractivity contribution in [2.75, 3.05) is 25.2 Å². The number of aryl methyl sites for hydroxylation is 1. The molecule has 0 radical (unpaired) electrons. The molecule has 1 saturated heterocycles. The zero-order valence-electron chi connectivity index (χ0n) is 8.11. The van der Waals surface area contributed by atoms with Crippen LogP contribution in [0.5, 0.6) is 0 Å². The highest BCUT2D eigenvalue weighted by molar-refractivity contribution is 7.15. The van der Waals surface area contributed by atoms with Gasteiger partial charge in [-0.05, 0) is 6.92 Å². The Labute approximate surface area is 85.7 Å². The Morgan fingerprint density at radius 3 is 2.79 bits per heavy atom. The highest BCUT2D eigenvalue weighted by atomic mass is 32.1. The minimum atomic E-state index is -0.927. The first-order chi connectivity index (χ1) is 6.68. The van der Waals surface area contributed by atoms with E-state index in [0.29, 0.717) is 6.61 Å². The molecule has 0 saturated carbocycles. The molecular weight excluding hydrogens is 205 g/mol. The Morgan fingerprint density at radius 2 is 2.29 bits per heavy atom. The summed E-state index contributed by atoms with van der Waals surface area (Å²) in [5, 5.41) is 9.51. The number of nitrogens with zero attached hydrogens (tertiary/aromatic N) is 3. The van der Waals surface area contributed by atoms with Crippen molar-refractivity contribution in [3.8, 4) is 0 Å². The first-order valence-corrected chi connectivity index (χ1v) is 5.25. The third-order valence-electron chi connectivity index (χ3n) is 2.30. The number of anilines is 1. The molecule has 0 spiro atoms. The lowest BCUT2D eigenvalue weighted by Gasteiger charge is -2.23. The van der Waals surface area contributed by atoms with E-state index in [1.54, 1.807) is 0 Å². The summed E-state index contributed by atoms with van der Waals surface area (Å²) in [6, 6.07) is -0.220. The van der Waals surface area contributed by atoms with Crippen LogP contribution < -0.4 is 4.90 Å². The Bertz CT molecular complexity index is 319. The molecule has 2 unspecified atom stereocenters. The second-order valence-corrected chi connectivity index (χ2v) is 4.50. The van der Waals surface area contributed by atoms with Crippen LogP contribution in [0.1, 0.15) is 5.01 Å². The van der Waals surface area contributed by atoms with Crippen LogP contribution in [0, 0.1) is 6.92 Å². The SMILES string of the molecule is Cc1nnc(N(C)C2COCC2F)s1. The van der Waals surface area contributed by atoms with Crippen LogP contribution in [0.4, 0.5) is 9.52 Å². The van der Waals surface area contributed by atoms with Gasteiger partial charge in [-0.3, -0.25) is 0 Å². The first-order valence-electron chi connectivity index (χ1n) is 4.43. The van der Waals surface area contributed by atoms with Crippen LogP contribution in [0.2, 0.25) is 0 Å². The van der Waals surface area contributed by atoms with Crippen LogP contribution in [0.3, 0.4) is 0 Å². The normalized spacial score (nSPS) is 26.8. The lowest BCUT2D eigenvalue weighted by Crippen LogP contribution is -2.38. The number of aromatic nitrogens is 2. The summed E-state index contributed by atoms with van der Waals surface area (Å²) in [5.41, 5.74) is 0. The summed E-state index contributed by atoms with van der Waals surface area (Å²) >= 11 is 1.47. The van der Waals surface area contributed by atoms with Gasteiger partial charge >= 0.3 is 0 Å². The molecule has 0 N–H and O–H groups in total. The largest absolute Gasteiger partial charge is 0.376 e. The van der Waals surface area contributed by atoms with E-state index >= 15 is 0 Å². The summed E-state index contributed by atoms with van der Waals surface area (Å²) in [6.45, 7) is 2.50. The molecule has 14 heavy (non-hydrogen) atoms. The zero-order valence-corrected chi connectivity index (χ0v) is 8.92. The predicted molar refractivity (Wildman–Crippen MR) is 52.6 cm³/mol. The van der Waals surface area contributed by atoms with Gasteiger partial charge in [0.2, 0.25) is 5.13 Å². The topological polar surface area (TPSA) is 38.2 Å². The van der Waals surface area contributed by atoms with Gasteiger partial charge in [0, 0.05) is 7.05 Å². The minimum absolute atomic E-state index is 0.187. The maximum atomic E-state index is 13.3. The smallest absolute Gasteiger partial charge is 0.208 e. The molecule has 1 aliphatic rings. The third kappa shape index (κ3) is 1.72. The number of hydrogen-bond donors (Lipinski definition) is 0. The molecular formula is C8H12FN3OS. The van der Waals surface area contributed by atoms with Crippen LogP contribution in [-0.2, 0) is 4.74 Å². The number of ether oxygens (including phenoxy) is 1. The molecule has 78 valence electrons. The van der Waals surface area contributed by atoms with E-state index in [1.165, 1.54) is 11.3 Å². The van der Waals surface area contributed by atoms with E-state index in [1.807, 2.05) is 18.9 Å². The van der Waals surface area contributed by atoms with Crippen LogP contribution in [0.25, 0.3) is 0 Å². The van der Waals surface area contributed by atoms with Gasteiger partial charge in [0.05, 0.1) is 19.3 Å². The van der Waals surface area contributed by atoms with Crippen molar-refractivity contribution in [2.24, 2.45) is 0 Å². The molecule has 0 bridgehead atoms. The maximum absolute atomic E-state index is 13.3. The molecule has 1 aromatic rings. The Hall–Kier alpha value is -0.750. The number of hydrogen-bond acceptors (Lipinski definition) is 5. The number of likely N-dealkylation sites (N-methyl/N-ethyl adjacent to an activating group) is 1. The Balaban J connectivity index is 2.11. The van der Waals surface area contributed by atoms with E-state index < -0.39 is 6.17 Å². The van der Waals surface area contributed by atoms with E-state index in [2.05, 4.69) is 10.2 Å².